The van der Waals surface area contributed by atoms with Gasteiger partial charge in [-0.25, -0.2) is 0 Å². The highest BCUT2D eigenvalue weighted by molar-refractivity contribution is 6.11. The molecule has 42 heavy (non-hydrogen) atoms. The Labute approximate surface area is 247 Å². The molecule has 0 unspecified atom stereocenters. The Balaban J connectivity index is 1.31. The molecule has 6 aromatic rings. The second-order valence-electron chi connectivity index (χ2n) is 12.2. The van der Waals surface area contributed by atoms with Gasteiger partial charge in [0.25, 0.3) is 0 Å². The lowest BCUT2D eigenvalue weighted by Crippen LogP contribution is -2.16. The summed E-state index contributed by atoms with van der Waals surface area (Å²) in [7, 11) is 2.15. The molecule has 0 radical (unpaired) electrons. The van der Waals surface area contributed by atoms with Crippen molar-refractivity contribution in [3.05, 3.63) is 144 Å². The van der Waals surface area contributed by atoms with Gasteiger partial charge in [-0.2, -0.15) is 0 Å². The molecule has 5 aromatic carbocycles. The van der Waals surface area contributed by atoms with Crippen molar-refractivity contribution in [3.8, 4) is 16.8 Å². The van der Waals surface area contributed by atoms with Crippen LogP contribution < -0.4 is 4.90 Å². The zero-order valence-electron chi connectivity index (χ0n) is 24.4. The molecule has 2 aliphatic rings. The van der Waals surface area contributed by atoms with Crippen molar-refractivity contribution in [2.75, 3.05) is 11.9 Å². The largest absolute Gasteiger partial charge is 0.345 e. The molecule has 0 aliphatic heterocycles. The summed E-state index contributed by atoms with van der Waals surface area (Å²) in [5.74, 6) is 0. The third-order valence-corrected chi connectivity index (χ3v) is 9.49. The molecule has 0 bridgehead atoms. The minimum atomic E-state index is 0.0297. The lowest BCUT2D eigenvalue weighted by molar-refractivity contribution is 0.651. The van der Waals surface area contributed by atoms with Gasteiger partial charge in [0.05, 0.1) is 11.0 Å². The fraction of sp³-hybridized carbons (Fsp3) is 0.150. The number of benzene rings is 5. The maximum absolute atomic E-state index is 2.45. The molecule has 2 heteroatoms. The number of fused-ring (bicyclic) bond motifs is 5. The molecule has 204 valence electrons. The Kier molecular flexibility index (Phi) is 5.55. The highest BCUT2D eigenvalue weighted by Gasteiger charge is 2.37. The van der Waals surface area contributed by atoms with Crippen LogP contribution in [0.5, 0.6) is 0 Å². The Hall–Kier alpha value is -4.82. The zero-order chi connectivity index (χ0) is 28.4. The van der Waals surface area contributed by atoms with Crippen LogP contribution in [0.2, 0.25) is 0 Å². The average Bonchev–Trinajstić information content (AvgIpc) is 3.49. The van der Waals surface area contributed by atoms with Crippen molar-refractivity contribution >= 4 is 38.8 Å². The quantitative estimate of drug-likeness (QED) is 0.215. The first-order chi connectivity index (χ1) is 20.5. The van der Waals surface area contributed by atoms with E-state index in [1.54, 1.807) is 5.57 Å². The van der Waals surface area contributed by atoms with Gasteiger partial charge in [0.1, 0.15) is 0 Å². The van der Waals surface area contributed by atoms with Crippen molar-refractivity contribution in [2.45, 2.75) is 32.1 Å². The molecule has 0 amide bonds. The van der Waals surface area contributed by atoms with Crippen molar-refractivity contribution < 1.29 is 0 Å². The molecule has 0 spiro atoms. The van der Waals surface area contributed by atoms with E-state index in [1.807, 2.05) is 0 Å². The molecule has 1 aromatic heterocycles. The Bertz CT molecular complexity index is 2060. The third kappa shape index (κ3) is 3.72. The van der Waals surface area contributed by atoms with Gasteiger partial charge in [-0.1, -0.05) is 80.6 Å². The van der Waals surface area contributed by atoms with Gasteiger partial charge in [0.2, 0.25) is 0 Å². The molecular formula is C40H34N2. The van der Waals surface area contributed by atoms with E-state index in [4.69, 9.17) is 0 Å². The van der Waals surface area contributed by atoms with Gasteiger partial charge in [0.15, 0.2) is 0 Å². The summed E-state index contributed by atoms with van der Waals surface area (Å²) in [6.07, 6.45) is 6.99. The summed E-state index contributed by atoms with van der Waals surface area (Å²) in [5.41, 5.74) is 14.5. The molecule has 0 fully saturated rings. The van der Waals surface area contributed by atoms with E-state index in [0.717, 1.165) is 12.8 Å². The summed E-state index contributed by atoms with van der Waals surface area (Å²) in [4.78, 5) is 2.26. The SMILES string of the molecule is CN(c1ccccc1)c1ccc2c(c1)c1cc(-c3ccc4c(c3)C(C)(C)C3=C4CCC=C3)ccc1n2-c1ccccc1. The molecule has 1 heterocycles. The number of allylic oxidation sites excluding steroid dienone is 4. The number of rotatable bonds is 4. The number of hydrogen-bond acceptors (Lipinski definition) is 1. The monoisotopic (exact) mass is 542 g/mol. The summed E-state index contributed by atoms with van der Waals surface area (Å²) >= 11 is 0. The third-order valence-electron chi connectivity index (χ3n) is 9.49. The minimum absolute atomic E-state index is 0.0297. The Morgan fingerprint density at radius 2 is 1.33 bits per heavy atom. The molecule has 0 N–H and O–H groups in total. The normalized spacial score (nSPS) is 15.3. The number of aromatic nitrogens is 1. The topological polar surface area (TPSA) is 8.17 Å². The number of para-hydroxylation sites is 2. The van der Waals surface area contributed by atoms with Crippen LogP contribution in [-0.4, -0.2) is 11.6 Å². The van der Waals surface area contributed by atoms with Gasteiger partial charge in [0, 0.05) is 40.3 Å². The number of hydrogen-bond donors (Lipinski definition) is 0. The van der Waals surface area contributed by atoms with Crippen molar-refractivity contribution in [1.29, 1.82) is 0 Å². The average molecular weight is 543 g/mol. The summed E-state index contributed by atoms with van der Waals surface area (Å²) in [5, 5.41) is 2.54. The van der Waals surface area contributed by atoms with Crippen molar-refractivity contribution in [3.63, 3.8) is 0 Å². The molecular weight excluding hydrogens is 508 g/mol. The first kappa shape index (κ1) is 24.9. The van der Waals surface area contributed by atoms with Crippen LogP contribution >= 0.6 is 0 Å². The second-order valence-corrected chi connectivity index (χ2v) is 12.2. The zero-order valence-corrected chi connectivity index (χ0v) is 24.4. The molecule has 2 aliphatic carbocycles. The fourth-order valence-electron chi connectivity index (χ4n) is 7.23. The smallest absolute Gasteiger partial charge is 0.0542 e. The van der Waals surface area contributed by atoms with Gasteiger partial charge in [-0.05, 0) is 107 Å². The van der Waals surface area contributed by atoms with Crippen LogP contribution in [0.1, 0.15) is 37.8 Å². The lowest BCUT2D eigenvalue weighted by atomic mass is 9.79. The predicted octanol–water partition coefficient (Wildman–Crippen LogP) is 10.6. The first-order valence-electron chi connectivity index (χ1n) is 15.0. The van der Waals surface area contributed by atoms with Crippen molar-refractivity contribution in [2.24, 2.45) is 0 Å². The van der Waals surface area contributed by atoms with Crippen LogP contribution in [0, 0.1) is 0 Å². The van der Waals surface area contributed by atoms with E-state index in [0.29, 0.717) is 0 Å². The van der Waals surface area contributed by atoms with E-state index >= 15 is 0 Å². The Morgan fingerprint density at radius 3 is 2.12 bits per heavy atom. The predicted molar refractivity (Wildman–Crippen MR) is 179 cm³/mol. The number of nitrogens with zero attached hydrogens (tertiary/aromatic N) is 2. The van der Waals surface area contributed by atoms with Crippen molar-refractivity contribution in [1.82, 2.24) is 4.57 Å². The molecule has 2 nitrogen and oxygen atoms in total. The van der Waals surface area contributed by atoms with Gasteiger partial charge < -0.3 is 9.47 Å². The maximum atomic E-state index is 2.45. The van der Waals surface area contributed by atoms with E-state index < -0.39 is 0 Å². The lowest BCUT2D eigenvalue weighted by Gasteiger charge is -2.24. The highest BCUT2D eigenvalue weighted by Crippen LogP contribution is 2.51. The van der Waals surface area contributed by atoms with Crippen LogP contribution in [-0.2, 0) is 5.41 Å². The van der Waals surface area contributed by atoms with Crippen LogP contribution in [0.25, 0.3) is 44.2 Å². The van der Waals surface area contributed by atoms with Crippen LogP contribution in [0.15, 0.2) is 133 Å². The molecule has 8 rings (SSSR count). The summed E-state index contributed by atoms with van der Waals surface area (Å²) in [6, 6.07) is 42.3. The fourth-order valence-corrected chi connectivity index (χ4v) is 7.23. The van der Waals surface area contributed by atoms with Crippen LogP contribution in [0.3, 0.4) is 0 Å². The first-order valence-corrected chi connectivity index (χ1v) is 15.0. The van der Waals surface area contributed by atoms with E-state index in [9.17, 15) is 0 Å². The van der Waals surface area contributed by atoms with Gasteiger partial charge in [-0.15, -0.1) is 0 Å². The number of anilines is 2. The molecule has 0 saturated carbocycles. The maximum Gasteiger partial charge on any atom is 0.0542 e. The van der Waals surface area contributed by atoms with E-state index in [-0.39, 0.29) is 5.41 Å². The summed E-state index contributed by atoms with van der Waals surface area (Å²) in [6.45, 7) is 4.77. The van der Waals surface area contributed by atoms with Gasteiger partial charge in [-0.3, -0.25) is 0 Å². The van der Waals surface area contributed by atoms with Gasteiger partial charge >= 0.3 is 0 Å². The molecule has 0 saturated heterocycles. The minimum Gasteiger partial charge on any atom is -0.345 e. The summed E-state index contributed by atoms with van der Waals surface area (Å²) < 4.78 is 2.40. The standard InChI is InChI=1S/C40H34N2/c1-40(2)36-17-11-10-16-32(36)33-21-18-28(25-37(33)40)27-19-22-38-34(24-27)35-26-31(41(3)29-12-6-4-7-13-29)20-23-39(35)42(38)30-14-8-5-9-15-30/h4-9,11-15,17-26H,10,16H2,1-3H3. The Morgan fingerprint density at radius 1 is 0.667 bits per heavy atom. The second kappa shape index (κ2) is 9.36. The van der Waals surface area contributed by atoms with E-state index in [1.165, 1.54) is 66.7 Å². The van der Waals surface area contributed by atoms with E-state index in [2.05, 4.69) is 158 Å². The highest BCUT2D eigenvalue weighted by atomic mass is 15.1. The van der Waals surface area contributed by atoms with Crippen LogP contribution in [0.4, 0.5) is 11.4 Å². The molecule has 0 atom stereocenters.